The van der Waals surface area contributed by atoms with Gasteiger partial charge >= 0.3 is 6.09 Å². The lowest BCUT2D eigenvalue weighted by molar-refractivity contribution is 0.174. The molecule has 0 aliphatic carbocycles. The van der Waals surface area contributed by atoms with Crippen LogP contribution in [0, 0.1) is 0 Å². The molecule has 6 heteroatoms. The monoisotopic (exact) mass is 277 g/mol. The fourth-order valence-corrected chi connectivity index (χ4v) is 2.72. The van der Waals surface area contributed by atoms with E-state index >= 15 is 0 Å². The van der Waals surface area contributed by atoms with Crippen LogP contribution in [0.3, 0.4) is 0 Å². The fourth-order valence-electron chi connectivity index (χ4n) is 1.30. The van der Waals surface area contributed by atoms with Crippen molar-refractivity contribution in [1.29, 1.82) is 0 Å². The van der Waals surface area contributed by atoms with Crippen LogP contribution in [0.1, 0.15) is 0 Å². The van der Waals surface area contributed by atoms with Gasteiger partial charge in [0.2, 0.25) is 0 Å². The highest BCUT2D eigenvalue weighted by Crippen LogP contribution is 2.33. The lowest BCUT2D eigenvalue weighted by Gasteiger charge is -2.16. The molecule has 0 saturated carbocycles. The zero-order valence-electron chi connectivity index (χ0n) is 7.14. The smallest absolute Gasteiger partial charge is 0.415 e. The molecule has 1 fully saturated rings. The quantitative estimate of drug-likeness (QED) is 0.897. The summed E-state index contributed by atoms with van der Waals surface area (Å²) < 4.78 is 5.80. The second-order valence-electron chi connectivity index (χ2n) is 2.86. The van der Waals surface area contributed by atoms with Gasteiger partial charge in [-0.15, -0.1) is 11.3 Å². The largest absolute Gasteiger partial charge is 0.447 e. The summed E-state index contributed by atoms with van der Waals surface area (Å²) in [7, 11) is 0. The predicted molar refractivity (Wildman–Crippen MR) is 56.7 cm³/mol. The van der Waals surface area contributed by atoms with Crippen LogP contribution in [0.5, 0.6) is 0 Å². The van der Waals surface area contributed by atoms with E-state index in [2.05, 4.69) is 15.9 Å². The second kappa shape index (κ2) is 3.88. The number of aliphatic hydroxyl groups excluding tert-OH is 1. The van der Waals surface area contributed by atoms with Crippen LogP contribution >= 0.6 is 27.3 Å². The molecule has 1 aliphatic heterocycles. The van der Waals surface area contributed by atoms with Crippen LogP contribution < -0.4 is 4.90 Å². The Bertz CT molecular complexity index is 354. The molecule has 2 heterocycles. The third kappa shape index (κ3) is 1.65. The van der Waals surface area contributed by atoms with Gasteiger partial charge in [-0.3, -0.25) is 4.90 Å². The fraction of sp³-hybridized carbons (Fsp3) is 0.375. The number of rotatable bonds is 2. The van der Waals surface area contributed by atoms with Crippen molar-refractivity contribution in [3.8, 4) is 0 Å². The first-order valence-electron chi connectivity index (χ1n) is 4.04. The van der Waals surface area contributed by atoms with E-state index in [0.717, 1.165) is 8.79 Å². The first kappa shape index (κ1) is 9.95. The molecule has 14 heavy (non-hydrogen) atoms. The molecule has 1 N–H and O–H groups in total. The Morgan fingerprint density at radius 3 is 3.07 bits per heavy atom. The van der Waals surface area contributed by atoms with Crippen LogP contribution in [0.4, 0.5) is 9.80 Å². The molecule has 0 aromatic carbocycles. The molecule has 4 nitrogen and oxygen atoms in total. The van der Waals surface area contributed by atoms with Gasteiger partial charge in [0, 0.05) is 0 Å². The van der Waals surface area contributed by atoms with Gasteiger partial charge in [-0.25, -0.2) is 4.79 Å². The molecule has 1 amide bonds. The number of carbonyl (C=O) groups excluding carboxylic acids is 1. The minimum Gasteiger partial charge on any atom is -0.447 e. The van der Waals surface area contributed by atoms with Crippen LogP contribution in [-0.4, -0.2) is 30.5 Å². The van der Waals surface area contributed by atoms with Crippen LogP contribution in [0.25, 0.3) is 0 Å². The molecule has 1 aromatic heterocycles. The van der Waals surface area contributed by atoms with Gasteiger partial charge in [-0.1, -0.05) is 0 Å². The van der Waals surface area contributed by atoms with Crippen molar-refractivity contribution in [3.05, 3.63) is 15.9 Å². The summed E-state index contributed by atoms with van der Waals surface area (Å²) in [6.07, 6.45) is -0.390. The van der Waals surface area contributed by atoms with E-state index in [1.54, 1.807) is 0 Å². The Kier molecular flexibility index (Phi) is 2.76. The number of amides is 1. The molecule has 0 spiro atoms. The first-order chi connectivity index (χ1) is 6.72. The number of anilines is 1. The van der Waals surface area contributed by atoms with Gasteiger partial charge < -0.3 is 9.84 Å². The highest BCUT2D eigenvalue weighted by molar-refractivity contribution is 9.11. The maximum absolute atomic E-state index is 11.3. The number of hydrogen-bond acceptors (Lipinski definition) is 4. The summed E-state index contributed by atoms with van der Waals surface area (Å²) in [6, 6.07) is 3.43. The summed E-state index contributed by atoms with van der Waals surface area (Å²) in [5.41, 5.74) is 0. The van der Waals surface area contributed by atoms with Crippen molar-refractivity contribution >= 4 is 38.4 Å². The van der Waals surface area contributed by atoms with Gasteiger partial charge in [0.1, 0.15) is 11.6 Å². The normalized spacial score (nSPS) is 21.4. The Hall–Kier alpha value is -0.590. The summed E-state index contributed by atoms with van der Waals surface area (Å²) in [6.45, 7) is 0.173. The Balaban J connectivity index is 2.27. The van der Waals surface area contributed by atoms with Gasteiger partial charge in [0.15, 0.2) is 0 Å². The zero-order valence-corrected chi connectivity index (χ0v) is 9.55. The van der Waals surface area contributed by atoms with Gasteiger partial charge in [-0.05, 0) is 28.1 Å². The summed E-state index contributed by atoms with van der Waals surface area (Å²) >= 11 is 4.76. The number of nitrogens with zero attached hydrogens (tertiary/aromatic N) is 1. The molecule has 1 unspecified atom stereocenters. The molecule has 1 aromatic rings. The molecular formula is C8H8BrNO3S. The Morgan fingerprint density at radius 1 is 1.71 bits per heavy atom. The van der Waals surface area contributed by atoms with E-state index in [1.165, 1.54) is 16.2 Å². The minimum absolute atomic E-state index is 0.0821. The second-order valence-corrected chi connectivity index (χ2v) is 5.30. The van der Waals surface area contributed by atoms with Crippen molar-refractivity contribution in [2.24, 2.45) is 0 Å². The molecule has 1 saturated heterocycles. The molecular weight excluding hydrogens is 270 g/mol. The van der Waals surface area contributed by atoms with Gasteiger partial charge in [0.05, 0.1) is 16.4 Å². The van der Waals surface area contributed by atoms with E-state index in [-0.39, 0.29) is 19.3 Å². The van der Waals surface area contributed by atoms with E-state index in [4.69, 9.17) is 9.84 Å². The van der Waals surface area contributed by atoms with Gasteiger partial charge in [-0.2, -0.15) is 0 Å². The highest BCUT2D eigenvalue weighted by atomic mass is 79.9. The number of halogens is 1. The Morgan fingerprint density at radius 2 is 2.50 bits per heavy atom. The number of hydrogen-bond donors (Lipinski definition) is 1. The van der Waals surface area contributed by atoms with Crippen molar-refractivity contribution in [1.82, 2.24) is 0 Å². The lowest BCUT2D eigenvalue weighted by atomic mass is 10.3. The average Bonchev–Trinajstić information content (AvgIpc) is 2.71. The number of cyclic esters (lactones) is 1. The van der Waals surface area contributed by atoms with Crippen LogP contribution in [0.15, 0.2) is 15.9 Å². The molecule has 2 rings (SSSR count). The molecule has 0 bridgehead atoms. The van der Waals surface area contributed by atoms with Crippen molar-refractivity contribution < 1.29 is 14.6 Å². The van der Waals surface area contributed by atoms with Gasteiger partial charge in [0.25, 0.3) is 0 Å². The highest BCUT2D eigenvalue weighted by Gasteiger charge is 2.34. The van der Waals surface area contributed by atoms with E-state index in [9.17, 15) is 4.79 Å². The summed E-state index contributed by atoms with van der Waals surface area (Å²) in [5.74, 6) is 0. The number of carbonyl (C=O) groups is 1. The molecule has 0 radical (unpaired) electrons. The predicted octanol–water partition coefficient (Wildman–Crippen LogP) is 1.83. The molecule has 1 atom stereocenters. The van der Waals surface area contributed by atoms with Crippen LogP contribution in [-0.2, 0) is 4.74 Å². The number of aliphatic hydroxyl groups is 1. The number of ether oxygens (including phenoxy) is 1. The lowest BCUT2D eigenvalue weighted by Crippen LogP contribution is -2.35. The maximum Gasteiger partial charge on any atom is 0.415 e. The zero-order chi connectivity index (χ0) is 10.1. The van der Waals surface area contributed by atoms with Crippen molar-refractivity contribution in [3.63, 3.8) is 0 Å². The summed E-state index contributed by atoms with van der Waals surface area (Å²) in [4.78, 5) is 12.8. The SMILES string of the molecule is O=C1OCC(CO)N1c1ccc(Br)s1. The van der Waals surface area contributed by atoms with E-state index in [1.807, 2.05) is 12.1 Å². The van der Waals surface area contributed by atoms with E-state index in [0.29, 0.717) is 0 Å². The average molecular weight is 278 g/mol. The topological polar surface area (TPSA) is 49.8 Å². The third-order valence-corrected chi connectivity index (χ3v) is 3.59. The number of thiophene rings is 1. The Labute approximate surface area is 93.2 Å². The maximum atomic E-state index is 11.3. The first-order valence-corrected chi connectivity index (χ1v) is 5.65. The summed E-state index contributed by atoms with van der Waals surface area (Å²) in [5, 5.41) is 9.83. The standard InChI is InChI=1S/C8H8BrNO3S/c9-6-1-2-7(14-6)10-5(3-11)4-13-8(10)12/h1-2,5,11H,3-4H2. The molecule has 1 aliphatic rings. The molecule has 76 valence electrons. The third-order valence-electron chi connectivity index (χ3n) is 1.97. The van der Waals surface area contributed by atoms with Crippen molar-refractivity contribution in [2.75, 3.05) is 18.1 Å². The van der Waals surface area contributed by atoms with Crippen molar-refractivity contribution in [2.45, 2.75) is 6.04 Å². The van der Waals surface area contributed by atoms with Crippen LogP contribution in [0.2, 0.25) is 0 Å². The van der Waals surface area contributed by atoms with E-state index < -0.39 is 6.09 Å². The minimum atomic E-state index is -0.390.